The Labute approximate surface area is 140 Å². The fraction of sp³-hybridized carbons (Fsp3) is 0.375. The van der Waals surface area contributed by atoms with Gasteiger partial charge in [0, 0.05) is 19.5 Å². The molecular weight excluding hydrogens is 306 g/mol. The Bertz CT molecular complexity index is 753. The Hall–Kier alpha value is -2.74. The third-order valence-corrected chi connectivity index (χ3v) is 3.72. The first-order valence-corrected chi connectivity index (χ1v) is 7.99. The van der Waals surface area contributed by atoms with E-state index in [-0.39, 0.29) is 6.04 Å². The molecule has 0 aliphatic heterocycles. The lowest BCUT2D eigenvalue weighted by Crippen LogP contribution is -2.13. The maximum absolute atomic E-state index is 6.14. The molecule has 8 nitrogen and oxygen atoms in total. The van der Waals surface area contributed by atoms with Crippen LogP contribution >= 0.6 is 0 Å². The highest BCUT2D eigenvalue weighted by atomic mass is 16.4. The number of aryl methyl sites for hydroxylation is 1. The van der Waals surface area contributed by atoms with E-state index in [1.807, 2.05) is 34.9 Å². The fourth-order valence-electron chi connectivity index (χ4n) is 2.43. The van der Waals surface area contributed by atoms with Crippen molar-refractivity contribution in [2.45, 2.75) is 32.4 Å². The van der Waals surface area contributed by atoms with Gasteiger partial charge in [0.1, 0.15) is 12.2 Å². The van der Waals surface area contributed by atoms with Crippen molar-refractivity contribution < 1.29 is 4.42 Å². The standard InChI is InChI=1S/C16H21N7O/c1-2-23-11-19-20-14(23)8-9-18-16-22-21-15(24-16)13(17)10-12-6-4-3-5-7-12/h3-7,11,13H,2,8-10,17H2,1H3,(H,18,22)/t13-/m1/s1. The van der Waals surface area contributed by atoms with Gasteiger partial charge in [-0.2, -0.15) is 0 Å². The minimum atomic E-state index is -0.321. The third kappa shape index (κ3) is 3.96. The molecule has 1 aromatic carbocycles. The van der Waals surface area contributed by atoms with Crippen LogP contribution < -0.4 is 11.1 Å². The van der Waals surface area contributed by atoms with Gasteiger partial charge in [0.2, 0.25) is 5.89 Å². The van der Waals surface area contributed by atoms with Crippen molar-refractivity contribution in [2.75, 3.05) is 11.9 Å². The van der Waals surface area contributed by atoms with Crippen LogP contribution in [-0.4, -0.2) is 31.5 Å². The maximum Gasteiger partial charge on any atom is 0.315 e. The lowest BCUT2D eigenvalue weighted by Gasteiger charge is -2.06. The summed E-state index contributed by atoms with van der Waals surface area (Å²) in [4.78, 5) is 0. The van der Waals surface area contributed by atoms with Crippen LogP contribution in [0.3, 0.4) is 0 Å². The molecule has 3 aromatic rings. The van der Waals surface area contributed by atoms with Crippen LogP contribution in [0, 0.1) is 0 Å². The van der Waals surface area contributed by atoms with Crippen molar-refractivity contribution in [1.82, 2.24) is 25.0 Å². The van der Waals surface area contributed by atoms with E-state index >= 15 is 0 Å². The van der Waals surface area contributed by atoms with E-state index in [1.165, 1.54) is 0 Å². The number of benzene rings is 1. The first-order chi connectivity index (χ1) is 11.8. The molecule has 0 radical (unpaired) electrons. The predicted octanol–water partition coefficient (Wildman–Crippen LogP) is 1.58. The van der Waals surface area contributed by atoms with Crippen LogP contribution in [0.5, 0.6) is 0 Å². The average molecular weight is 327 g/mol. The first kappa shape index (κ1) is 16.1. The van der Waals surface area contributed by atoms with Crippen LogP contribution in [0.1, 0.15) is 30.2 Å². The van der Waals surface area contributed by atoms with Crippen molar-refractivity contribution in [1.29, 1.82) is 0 Å². The van der Waals surface area contributed by atoms with E-state index in [0.717, 1.165) is 24.4 Å². The Morgan fingerprint density at radius 3 is 2.83 bits per heavy atom. The minimum absolute atomic E-state index is 0.321. The van der Waals surface area contributed by atoms with Gasteiger partial charge in [-0.3, -0.25) is 0 Å². The topological polar surface area (TPSA) is 108 Å². The van der Waals surface area contributed by atoms with Gasteiger partial charge >= 0.3 is 6.01 Å². The van der Waals surface area contributed by atoms with Crippen molar-refractivity contribution in [3.8, 4) is 0 Å². The van der Waals surface area contributed by atoms with E-state index in [1.54, 1.807) is 6.33 Å². The molecular formula is C16H21N7O. The number of anilines is 1. The van der Waals surface area contributed by atoms with Crippen LogP contribution in [-0.2, 0) is 19.4 Å². The number of aromatic nitrogens is 5. The Morgan fingerprint density at radius 2 is 2.04 bits per heavy atom. The van der Waals surface area contributed by atoms with E-state index in [9.17, 15) is 0 Å². The second kappa shape index (κ2) is 7.69. The van der Waals surface area contributed by atoms with Gasteiger partial charge in [0.05, 0.1) is 6.04 Å². The highest BCUT2D eigenvalue weighted by Gasteiger charge is 2.15. The normalized spacial score (nSPS) is 12.2. The largest absolute Gasteiger partial charge is 0.406 e. The molecule has 0 fully saturated rings. The molecule has 0 spiro atoms. The van der Waals surface area contributed by atoms with Crippen molar-refractivity contribution in [3.05, 3.63) is 53.9 Å². The van der Waals surface area contributed by atoms with Crippen LogP contribution in [0.2, 0.25) is 0 Å². The zero-order valence-corrected chi connectivity index (χ0v) is 13.6. The second-order valence-electron chi connectivity index (χ2n) is 5.45. The number of rotatable bonds is 8. The summed E-state index contributed by atoms with van der Waals surface area (Å²) in [5, 5.41) is 19.1. The molecule has 0 unspecified atom stereocenters. The summed E-state index contributed by atoms with van der Waals surface area (Å²) in [5.41, 5.74) is 7.27. The van der Waals surface area contributed by atoms with Crippen molar-refractivity contribution in [2.24, 2.45) is 5.73 Å². The number of hydrogen-bond donors (Lipinski definition) is 2. The summed E-state index contributed by atoms with van der Waals surface area (Å²) < 4.78 is 7.59. The molecule has 8 heteroatoms. The number of nitrogens with one attached hydrogen (secondary N) is 1. The number of nitrogens with zero attached hydrogens (tertiary/aromatic N) is 5. The lowest BCUT2D eigenvalue weighted by atomic mass is 10.1. The summed E-state index contributed by atoms with van der Waals surface area (Å²) in [7, 11) is 0. The molecule has 2 heterocycles. The minimum Gasteiger partial charge on any atom is -0.406 e. The SMILES string of the molecule is CCn1cnnc1CCNc1nnc([C@H](N)Cc2ccccc2)o1. The Balaban J connectivity index is 1.51. The van der Waals surface area contributed by atoms with Crippen LogP contribution in [0.15, 0.2) is 41.1 Å². The average Bonchev–Trinajstić information content (AvgIpc) is 3.25. The fourth-order valence-corrected chi connectivity index (χ4v) is 2.43. The van der Waals surface area contributed by atoms with E-state index in [4.69, 9.17) is 10.2 Å². The molecule has 0 saturated carbocycles. The van der Waals surface area contributed by atoms with Gasteiger partial charge in [-0.15, -0.1) is 15.3 Å². The quantitative estimate of drug-likeness (QED) is 0.646. The predicted molar refractivity (Wildman–Crippen MR) is 89.3 cm³/mol. The van der Waals surface area contributed by atoms with Gasteiger partial charge in [-0.25, -0.2) is 0 Å². The zero-order valence-electron chi connectivity index (χ0n) is 13.6. The van der Waals surface area contributed by atoms with E-state index < -0.39 is 0 Å². The van der Waals surface area contributed by atoms with E-state index in [0.29, 0.717) is 24.9 Å². The van der Waals surface area contributed by atoms with Crippen molar-refractivity contribution >= 4 is 6.01 Å². The monoisotopic (exact) mass is 327 g/mol. The Kier molecular flexibility index (Phi) is 5.17. The molecule has 0 aliphatic rings. The summed E-state index contributed by atoms with van der Waals surface area (Å²) >= 11 is 0. The molecule has 3 N–H and O–H groups in total. The molecule has 24 heavy (non-hydrogen) atoms. The molecule has 126 valence electrons. The van der Waals surface area contributed by atoms with Crippen molar-refractivity contribution in [3.63, 3.8) is 0 Å². The summed E-state index contributed by atoms with van der Waals surface area (Å²) in [6.07, 6.45) is 3.10. The Morgan fingerprint density at radius 1 is 1.21 bits per heavy atom. The highest BCUT2D eigenvalue weighted by Crippen LogP contribution is 2.16. The van der Waals surface area contributed by atoms with Crippen LogP contribution in [0.4, 0.5) is 6.01 Å². The molecule has 0 amide bonds. The number of hydrogen-bond acceptors (Lipinski definition) is 7. The van der Waals surface area contributed by atoms with Crippen LogP contribution in [0.25, 0.3) is 0 Å². The molecule has 0 aliphatic carbocycles. The first-order valence-electron chi connectivity index (χ1n) is 7.99. The summed E-state index contributed by atoms with van der Waals surface area (Å²) in [6.45, 7) is 3.54. The highest BCUT2D eigenvalue weighted by molar-refractivity contribution is 5.20. The molecule has 3 rings (SSSR count). The molecule has 2 aromatic heterocycles. The number of nitrogens with two attached hydrogens (primary N) is 1. The van der Waals surface area contributed by atoms with E-state index in [2.05, 4.69) is 32.6 Å². The molecule has 1 atom stereocenters. The van der Waals surface area contributed by atoms with Gasteiger partial charge < -0.3 is 20.0 Å². The molecule has 0 bridgehead atoms. The summed E-state index contributed by atoms with van der Waals surface area (Å²) in [5.74, 6) is 1.35. The van der Waals surface area contributed by atoms with Gasteiger partial charge in [-0.1, -0.05) is 35.4 Å². The third-order valence-electron chi connectivity index (χ3n) is 3.72. The lowest BCUT2D eigenvalue weighted by molar-refractivity contribution is 0.456. The maximum atomic E-state index is 6.14. The molecule has 0 saturated heterocycles. The zero-order chi connectivity index (χ0) is 16.8. The van der Waals surface area contributed by atoms with Gasteiger partial charge in [0.15, 0.2) is 0 Å². The smallest absolute Gasteiger partial charge is 0.315 e. The second-order valence-corrected chi connectivity index (χ2v) is 5.45. The van der Waals surface area contributed by atoms with Gasteiger partial charge in [0.25, 0.3) is 0 Å². The van der Waals surface area contributed by atoms with Gasteiger partial charge in [-0.05, 0) is 18.9 Å². The summed E-state index contributed by atoms with van der Waals surface area (Å²) in [6, 6.07) is 10.0.